The maximum Gasteiger partial charge on any atom is 0.0605 e. The summed E-state index contributed by atoms with van der Waals surface area (Å²) in [6, 6.07) is 20.8. The highest BCUT2D eigenvalue weighted by atomic mass is 15.3. The summed E-state index contributed by atoms with van der Waals surface area (Å²) in [4.78, 5) is 5.14. The maximum absolute atomic E-state index is 3.88. The summed E-state index contributed by atoms with van der Waals surface area (Å²) in [5, 5.41) is 0. The second-order valence-electron chi connectivity index (χ2n) is 6.86. The molecule has 1 aliphatic heterocycles. The maximum atomic E-state index is 3.88. The molecule has 26 heavy (non-hydrogen) atoms. The van der Waals surface area contributed by atoms with E-state index in [9.17, 15) is 0 Å². The zero-order valence-electron chi connectivity index (χ0n) is 16.9. The van der Waals surface area contributed by atoms with Gasteiger partial charge in [-0.05, 0) is 25.0 Å². The Morgan fingerprint density at radius 2 is 1.62 bits per heavy atom. The van der Waals surface area contributed by atoms with Gasteiger partial charge in [-0.2, -0.15) is 0 Å². The van der Waals surface area contributed by atoms with E-state index in [0.717, 1.165) is 26.2 Å². The lowest BCUT2D eigenvalue weighted by atomic mass is 9.94. The van der Waals surface area contributed by atoms with Gasteiger partial charge in [-0.3, -0.25) is 9.80 Å². The Balaban J connectivity index is 0.00000117. The van der Waals surface area contributed by atoms with Crippen molar-refractivity contribution in [3.05, 3.63) is 83.9 Å². The molecule has 1 aliphatic rings. The Hall–Kier alpha value is -1.90. The van der Waals surface area contributed by atoms with Gasteiger partial charge in [0.15, 0.2) is 0 Å². The fourth-order valence-corrected chi connectivity index (χ4v) is 3.74. The smallest absolute Gasteiger partial charge is 0.0605 e. The lowest BCUT2D eigenvalue weighted by molar-refractivity contribution is 0.0671. The molecule has 2 heteroatoms. The van der Waals surface area contributed by atoms with E-state index in [4.69, 9.17) is 0 Å². The van der Waals surface area contributed by atoms with Gasteiger partial charge < -0.3 is 0 Å². The number of nitrogens with zero attached hydrogens (tertiary/aromatic N) is 2. The molecule has 1 heterocycles. The molecule has 0 amide bonds. The number of aryl methyl sites for hydroxylation is 1. The Bertz CT molecular complexity index is 648. The van der Waals surface area contributed by atoms with Gasteiger partial charge in [0, 0.05) is 32.2 Å². The highest BCUT2D eigenvalue weighted by Gasteiger charge is 2.30. The first kappa shape index (κ1) is 20.4. The number of benzene rings is 2. The molecule has 2 nitrogen and oxygen atoms in total. The van der Waals surface area contributed by atoms with Crippen molar-refractivity contribution in [3.8, 4) is 0 Å². The van der Waals surface area contributed by atoms with Crippen LogP contribution in [0.1, 0.15) is 43.5 Å². The van der Waals surface area contributed by atoms with E-state index in [1.54, 1.807) is 0 Å². The quantitative estimate of drug-likeness (QED) is 0.675. The third-order valence-corrected chi connectivity index (χ3v) is 4.99. The average Bonchev–Trinajstić information content (AvgIpc) is 2.68. The van der Waals surface area contributed by atoms with Crippen molar-refractivity contribution in [2.24, 2.45) is 0 Å². The van der Waals surface area contributed by atoms with E-state index in [1.165, 1.54) is 16.7 Å². The second kappa shape index (κ2) is 10.3. The summed E-state index contributed by atoms with van der Waals surface area (Å²) < 4.78 is 0. The molecule has 2 aromatic rings. The fourth-order valence-electron chi connectivity index (χ4n) is 3.74. The Labute approximate surface area is 160 Å². The van der Waals surface area contributed by atoms with Crippen molar-refractivity contribution >= 4 is 0 Å². The molecule has 0 radical (unpaired) electrons. The van der Waals surface area contributed by atoms with Crippen LogP contribution >= 0.6 is 0 Å². The largest absolute Gasteiger partial charge is 0.297 e. The van der Waals surface area contributed by atoms with Gasteiger partial charge in [0.1, 0.15) is 0 Å². The van der Waals surface area contributed by atoms with Crippen LogP contribution in [0.4, 0.5) is 0 Å². The molecule has 1 saturated heterocycles. The summed E-state index contributed by atoms with van der Waals surface area (Å²) in [5.41, 5.74) is 4.08. The Kier molecular flexibility index (Phi) is 8.08. The molecule has 0 N–H and O–H groups in total. The van der Waals surface area contributed by atoms with Gasteiger partial charge in [-0.15, -0.1) is 6.58 Å². The normalized spacial score (nSPS) is 19.3. The molecule has 1 fully saturated rings. The average molecular weight is 351 g/mol. The first-order chi connectivity index (χ1) is 12.7. The van der Waals surface area contributed by atoms with E-state index < -0.39 is 0 Å². The van der Waals surface area contributed by atoms with Crippen molar-refractivity contribution in [2.75, 3.05) is 26.2 Å². The number of rotatable bonds is 5. The lowest BCUT2D eigenvalue weighted by Gasteiger charge is -2.44. The van der Waals surface area contributed by atoms with Gasteiger partial charge in [0.05, 0.1) is 6.04 Å². The molecule has 2 atom stereocenters. The molecule has 0 saturated carbocycles. The van der Waals surface area contributed by atoms with Crippen molar-refractivity contribution in [1.29, 1.82) is 0 Å². The summed E-state index contributed by atoms with van der Waals surface area (Å²) in [6.45, 7) is 16.7. The first-order valence-corrected chi connectivity index (χ1v) is 9.89. The molecule has 140 valence electrons. The van der Waals surface area contributed by atoms with E-state index in [1.807, 2.05) is 19.9 Å². The number of hydrogen-bond donors (Lipinski definition) is 0. The van der Waals surface area contributed by atoms with Crippen LogP contribution < -0.4 is 0 Å². The molecule has 2 aromatic carbocycles. The Morgan fingerprint density at radius 3 is 2.19 bits per heavy atom. The Morgan fingerprint density at radius 1 is 1.00 bits per heavy atom. The predicted octanol–water partition coefficient (Wildman–Crippen LogP) is 5.30. The highest BCUT2D eigenvalue weighted by Crippen LogP contribution is 2.32. The highest BCUT2D eigenvalue weighted by molar-refractivity contribution is 5.33. The summed E-state index contributed by atoms with van der Waals surface area (Å²) in [7, 11) is 0. The van der Waals surface area contributed by atoms with Crippen LogP contribution in [0.5, 0.6) is 0 Å². The first-order valence-electron chi connectivity index (χ1n) is 9.89. The summed E-state index contributed by atoms with van der Waals surface area (Å²) >= 11 is 0. The van der Waals surface area contributed by atoms with Gasteiger partial charge >= 0.3 is 0 Å². The van der Waals surface area contributed by atoms with Crippen LogP contribution in [0.2, 0.25) is 0 Å². The van der Waals surface area contributed by atoms with E-state index in [-0.39, 0.29) is 0 Å². The monoisotopic (exact) mass is 350 g/mol. The van der Waals surface area contributed by atoms with Crippen molar-refractivity contribution in [2.45, 2.75) is 39.8 Å². The minimum absolute atomic E-state index is 0.327. The molecule has 0 aliphatic carbocycles. The van der Waals surface area contributed by atoms with Gasteiger partial charge in [-0.1, -0.05) is 80.1 Å². The van der Waals surface area contributed by atoms with Crippen LogP contribution in [-0.4, -0.2) is 42.0 Å². The van der Waals surface area contributed by atoms with Crippen LogP contribution in [-0.2, 0) is 0 Å². The van der Waals surface area contributed by atoms with Gasteiger partial charge in [-0.25, -0.2) is 0 Å². The van der Waals surface area contributed by atoms with Crippen LogP contribution in [0.25, 0.3) is 0 Å². The fraction of sp³-hybridized carbons (Fsp3) is 0.417. The molecule has 0 bridgehead atoms. The summed E-state index contributed by atoms with van der Waals surface area (Å²) in [6.07, 6.45) is 2.01. The number of hydrogen-bond acceptors (Lipinski definition) is 2. The topological polar surface area (TPSA) is 6.48 Å². The SMILES string of the molecule is C=CCN1CCN(C(c2ccccc2)c2ccc(C)cc2)C(C)C1.CC. The van der Waals surface area contributed by atoms with E-state index in [2.05, 4.69) is 84.8 Å². The van der Waals surface area contributed by atoms with Crippen LogP contribution in [0.15, 0.2) is 67.3 Å². The predicted molar refractivity (Wildman–Crippen MR) is 114 cm³/mol. The minimum atomic E-state index is 0.327. The van der Waals surface area contributed by atoms with Crippen molar-refractivity contribution in [1.82, 2.24) is 9.80 Å². The van der Waals surface area contributed by atoms with Crippen molar-refractivity contribution < 1.29 is 0 Å². The summed E-state index contributed by atoms with van der Waals surface area (Å²) in [5.74, 6) is 0. The third-order valence-electron chi connectivity index (χ3n) is 4.99. The molecular formula is C24H34N2. The van der Waals surface area contributed by atoms with Crippen LogP contribution in [0.3, 0.4) is 0 Å². The van der Waals surface area contributed by atoms with Gasteiger partial charge in [0.2, 0.25) is 0 Å². The minimum Gasteiger partial charge on any atom is -0.297 e. The number of piperazine rings is 1. The molecule has 0 spiro atoms. The molecular weight excluding hydrogens is 316 g/mol. The lowest BCUT2D eigenvalue weighted by Crippen LogP contribution is -2.53. The standard InChI is InChI=1S/C22H28N2.C2H6/c1-4-14-23-15-16-24(19(3)17-23)22(20-8-6-5-7-9-20)21-12-10-18(2)11-13-21;1-2/h4-13,19,22H,1,14-17H2,2-3H3;1-2H3. The molecule has 2 unspecified atom stereocenters. The van der Waals surface area contributed by atoms with E-state index >= 15 is 0 Å². The van der Waals surface area contributed by atoms with Gasteiger partial charge in [0.25, 0.3) is 0 Å². The zero-order chi connectivity index (χ0) is 18.9. The zero-order valence-corrected chi connectivity index (χ0v) is 16.9. The van der Waals surface area contributed by atoms with Crippen LogP contribution in [0, 0.1) is 6.92 Å². The third kappa shape index (κ3) is 5.06. The molecule has 3 rings (SSSR count). The molecule has 0 aromatic heterocycles. The second-order valence-corrected chi connectivity index (χ2v) is 6.86. The van der Waals surface area contributed by atoms with E-state index in [0.29, 0.717) is 12.1 Å². The van der Waals surface area contributed by atoms with Crippen molar-refractivity contribution in [3.63, 3.8) is 0 Å².